The summed E-state index contributed by atoms with van der Waals surface area (Å²) in [5.74, 6) is 0.732. The molecule has 1 amide bonds. The highest BCUT2D eigenvalue weighted by atomic mass is 16.5. The summed E-state index contributed by atoms with van der Waals surface area (Å²) in [6, 6.07) is 5.80. The second-order valence-corrected chi connectivity index (χ2v) is 4.05. The van der Waals surface area contributed by atoms with E-state index in [0.29, 0.717) is 13.0 Å². The highest BCUT2D eigenvalue weighted by Gasteiger charge is 2.19. The van der Waals surface area contributed by atoms with E-state index in [0.717, 1.165) is 23.4 Å². The summed E-state index contributed by atoms with van der Waals surface area (Å²) in [4.78, 5) is 11.5. The average Bonchev–Trinajstić information content (AvgIpc) is 2.35. The van der Waals surface area contributed by atoms with Crippen LogP contribution >= 0.6 is 0 Å². The first-order valence-corrected chi connectivity index (χ1v) is 5.48. The molecular weight excluding hydrogens is 204 g/mol. The van der Waals surface area contributed by atoms with Crippen molar-refractivity contribution in [2.45, 2.75) is 25.9 Å². The molecule has 1 aromatic carbocycles. The number of carbonyl (C=O) groups excluding carboxylic acids is 1. The Kier molecular flexibility index (Phi) is 3.10. The summed E-state index contributed by atoms with van der Waals surface area (Å²) in [6.45, 7) is 2.49. The van der Waals surface area contributed by atoms with Gasteiger partial charge in [-0.3, -0.25) is 4.79 Å². The standard InChI is InChI=1S/C12H16N2O2/c1-8-6-12(15)14-10-7-9(4-5-13)2-3-11(10)16-8/h2-3,7-8H,4-6,13H2,1H3,(H,14,15). The number of hydrogen-bond acceptors (Lipinski definition) is 3. The van der Waals surface area contributed by atoms with E-state index in [9.17, 15) is 4.79 Å². The maximum Gasteiger partial charge on any atom is 0.228 e. The number of nitrogens with one attached hydrogen (secondary N) is 1. The van der Waals surface area contributed by atoms with Crippen LogP contribution in [-0.2, 0) is 11.2 Å². The van der Waals surface area contributed by atoms with Crippen LogP contribution in [0, 0.1) is 0 Å². The number of rotatable bonds is 2. The van der Waals surface area contributed by atoms with Crippen LogP contribution in [0.4, 0.5) is 5.69 Å². The first kappa shape index (κ1) is 11.0. The molecule has 0 bridgehead atoms. The van der Waals surface area contributed by atoms with E-state index in [1.165, 1.54) is 0 Å². The van der Waals surface area contributed by atoms with E-state index in [1.807, 2.05) is 25.1 Å². The van der Waals surface area contributed by atoms with Crippen molar-refractivity contribution in [2.75, 3.05) is 11.9 Å². The highest BCUT2D eigenvalue weighted by Crippen LogP contribution is 2.29. The van der Waals surface area contributed by atoms with E-state index < -0.39 is 0 Å². The number of anilines is 1. The number of hydrogen-bond donors (Lipinski definition) is 2. The Hall–Kier alpha value is -1.55. The highest BCUT2D eigenvalue weighted by molar-refractivity contribution is 5.93. The number of carbonyl (C=O) groups is 1. The fourth-order valence-corrected chi connectivity index (χ4v) is 1.82. The van der Waals surface area contributed by atoms with Crippen LogP contribution in [-0.4, -0.2) is 18.6 Å². The van der Waals surface area contributed by atoms with Gasteiger partial charge in [-0.05, 0) is 37.6 Å². The number of nitrogens with two attached hydrogens (primary N) is 1. The molecule has 1 aliphatic heterocycles. The van der Waals surface area contributed by atoms with Gasteiger partial charge in [0.25, 0.3) is 0 Å². The van der Waals surface area contributed by atoms with Crippen LogP contribution in [0.15, 0.2) is 18.2 Å². The molecule has 16 heavy (non-hydrogen) atoms. The molecule has 1 aliphatic rings. The molecule has 0 saturated heterocycles. The van der Waals surface area contributed by atoms with Crippen LogP contribution in [0.5, 0.6) is 5.75 Å². The molecule has 4 heteroatoms. The average molecular weight is 220 g/mol. The molecule has 0 aromatic heterocycles. The molecular formula is C12H16N2O2. The number of ether oxygens (including phenoxy) is 1. The lowest BCUT2D eigenvalue weighted by Crippen LogP contribution is -2.17. The monoisotopic (exact) mass is 220 g/mol. The molecule has 1 atom stereocenters. The lowest BCUT2D eigenvalue weighted by atomic mass is 10.1. The molecule has 86 valence electrons. The second kappa shape index (κ2) is 4.53. The molecule has 4 nitrogen and oxygen atoms in total. The van der Waals surface area contributed by atoms with Gasteiger partial charge in [-0.1, -0.05) is 6.07 Å². The molecule has 2 rings (SSSR count). The van der Waals surface area contributed by atoms with E-state index in [-0.39, 0.29) is 12.0 Å². The van der Waals surface area contributed by atoms with Gasteiger partial charge in [0, 0.05) is 0 Å². The van der Waals surface area contributed by atoms with Gasteiger partial charge in [0.1, 0.15) is 11.9 Å². The van der Waals surface area contributed by atoms with Crippen LogP contribution in [0.2, 0.25) is 0 Å². The molecule has 0 aliphatic carbocycles. The van der Waals surface area contributed by atoms with E-state index in [4.69, 9.17) is 10.5 Å². The summed E-state index contributed by atoms with van der Waals surface area (Å²) in [5, 5.41) is 2.85. The van der Waals surface area contributed by atoms with E-state index in [1.54, 1.807) is 0 Å². The SMILES string of the molecule is CC1CC(=O)Nc2cc(CCN)ccc2O1. The maximum atomic E-state index is 11.5. The molecule has 0 fully saturated rings. The van der Waals surface area contributed by atoms with Gasteiger partial charge in [0.05, 0.1) is 12.1 Å². The van der Waals surface area contributed by atoms with Gasteiger partial charge in [0.2, 0.25) is 5.91 Å². The van der Waals surface area contributed by atoms with Gasteiger partial charge in [-0.15, -0.1) is 0 Å². The zero-order chi connectivity index (χ0) is 11.5. The van der Waals surface area contributed by atoms with Gasteiger partial charge in [-0.25, -0.2) is 0 Å². The van der Waals surface area contributed by atoms with Crippen molar-refractivity contribution in [1.82, 2.24) is 0 Å². The topological polar surface area (TPSA) is 64.4 Å². The normalized spacial score (nSPS) is 19.4. The van der Waals surface area contributed by atoms with Crippen molar-refractivity contribution in [3.63, 3.8) is 0 Å². The largest absolute Gasteiger partial charge is 0.488 e. The van der Waals surface area contributed by atoms with E-state index in [2.05, 4.69) is 5.32 Å². The molecule has 0 saturated carbocycles. The minimum atomic E-state index is -0.0818. The third kappa shape index (κ3) is 2.33. The lowest BCUT2D eigenvalue weighted by Gasteiger charge is -2.11. The minimum Gasteiger partial charge on any atom is -0.488 e. The van der Waals surface area contributed by atoms with Crippen LogP contribution < -0.4 is 15.8 Å². The number of fused-ring (bicyclic) bond motifs is 1. The van der Waals surface area contributed by atoms with Crippen molar-refractivity contribution < 1.29 is 9.53 Å². The Bertz CT molecular complexity index is 404. The van der Waals surface area contributed by atoms with Gasteiger partial charge in [-0.2, -0.15) is 0 Å². The number of benzene rings is 1. The molecule has 1 heterocycles. The number of amides is 1. The maximum absolute atomic E-state index is 11.5. The zero-order valence-corrected chi connectivity index (χ0v) is 9.32. The summed E-state index contributed by atoms with van der Waals surface area (Å²) in [6.07, 6.45) is 1.11. The molecule has 1 unspecified atom stereocenters. The quantitative estimate of drug-likeness (QED) is 0.789. The Morgan fingerprint density at radius 1 is 1.56 bits per heavy atom. The Morgan fingerprint density at radius 2 is 2.38 bits per heavy atom. The van der Waals surface area contributed by atoms with Crippen molar-refractivity contribution >= 4 is 11.6 Å². The van der Waals surface area contributed by atoms with Crippen molar-refractivity contribution in [1.29, 1.82) is 0 Å². The van der Waals surface area contributed by atoms with Crippen molar-refractivity contribution in [3.8, 4) is 5.75 Å². The fourth-order valence-electron chi connectivity index (χ4n) is 1.82. The third-order valence-corrected chi connectivity index (χ3v) is 2.55. The zero-order valence-electron chi connectivity index (χ0n) is 9.32. The first-order chi connectivity index (χ1) is 7.69. The van der Waals surface area contributed by atoms with Crippen LogP contribution in [0.1, 0.15) is 18.9 Å². The Balaban J connectivity index is 2.30. The minimum absolute atomic E-state index is 0.00357. The van der Waals surface area contributed by atoms with Crippen molar-refractivity contribution in [2.24, 2.45) is 5.73 Å². The molecule has 0 radical (unpaired) electrons. The Labute approximate surface area is 94.8 Å². The first-order valence-electron chi connectivity index (χ1n) is 5.48. The Morgan fingerprint density at radius 3 is 3.12 bits per heavy atom. The van der Waals surface area contributed by atoms with E-state index >= 15 is 0 Å². The summed E-state index contributed by atoms with van der Waals surface area (Å²) < 4.78 is 5.65. The van der Waals surface area contributed by atoms with Crippen LogP contribution in [0.25, 0.3) is 0 Å². The van der Waals surface area contributed by atoms with Gasteiger partial charge in [0.15, 0.2) is 0 Å². The van der Waals surface area contributed by atoms with Gasteiger partial charge >= 0.3 is 0 Å². The molecule has 1 aromatic rings. The van der Waals surface area contributed by atoms with Crippen LogP contribution in [0.3, 0.4) is 0 Å². The predicted molar refractivity (Wildman–Crippen MR) is 62.5 cm³/mol. The molecule has 0 spiro atoms. The summed E-state index contributed by atoms with van der Waals surface area (Å²) >= 11 is 0. The van der Waals surface area contributed by atoms with Gasteiger partial charge < -0.3 is 15.8 Å². The summed E-state index contributed by atoms with van der Waals surface area (Å²) in [5.41, 5.74) is 7.36. The predicted octanol–water partition coefficient (Wildman–Crippen LogP) is 1.30. The third-order valence-electron chi connectivity index (χ3n) is 2.55. The fraction of sp³-hybridized carbons (Fsp3) is 0.417. The molecule has 3 N–H and O–H groups in total. The smallest absolute Gasteiger partial charge is 0.228 e. The van der Waals surface area contributed by atoms with Crippen molar-refractivity contribution in [3.05, 3.63) is 23.8 Å². The second-order valence-electron chi connectivity index (χ2n) is 4.05. The summed E-state index contributed by atoms with van der Waals surface area (Å²) in [7, 11) is 0. The lowest BCUT2D eigenvalue weighted by molar-refractivity contribution is -0.117.